The number of anilines is 1. The van der Waals surface area contributed by atoms with Crippen LogP contribution in [0.1, 0.15) is 13.8 Å². The Morgan fingerprint density at radius 3 is 2.50 bits per heavy atom. The maximum Gasteiger partial charge on any atom is 0.313 e. The summed E-state index contributed by atoms with van der Waals surface area (Å²) in [6.07, 6.45) is 0. The summed E-state index contributed by atoms with van der Waals surface area (Å²) in [5.41, 5.74) is -1.23. The number of nitrogens with one attached hydrogen (secondary N) is 2. The molecule has 0 aromatic heterocycles. The van der Waals surface area contributed by atoms with Gasteiger partial charge in [-0.3, -0.25) is 19.7 Å². The molecule has 0 saturated carbocycles. The van der Waals surface area contributed by atoms with Crippen LogP contribution in [0.5, 0.6) is 5.75 Å². The van der Waals surface area contributed by atoms with Gasteiger partial charge in [-0.1, -0.05) is 0 Å². The molecule has 22 heavy (non-hydrogen) atoms. The summed E-state index contributed by atoms with van der Waals surface area (Å²) in [5.74, 6) is -1.83. The van der Waals surface area contributed by atoms with Crippen molar-refractivity contribution in [3.63, 3.8) is 0 Å². The molecule has 0 aliphatic rings. The zero-order valence-electron chi connectivity index (χ0n) is 12.4. The van der Waals surface area contributed by atoms with Gasteiger partial charge >= 0.3 is 11.8 Å². The number of benzene rings is 1. The lowest BCUT2D eigenvalue weighted by atomic mass is 10.1. The predicted octanol–water partition coefficient (Wildman–Crippen LogP) is 0.429. The molecule has 9 nitrogen and oxygen atoms in total. The maximum absolute atomic E-state index is 11.8. The van der Waals surface area contributed by atoms with Gasteiger partial charge in [-0.15, -0.1) is 0 Å². The molecule has 0 aliphatic carbocycles. The Balaban J connectivity index is 2.93. The number of nitro benzene ring substituents is 1. The number of non-ortho nitro benzene ring substituents is 1. The summed E-state index contributed by atoms with van der Waals surface area (Å²) in [4.78, 5) is 33.7. The Kier molecular flexibility index (Phi) is 5.41. The maximum atomic E-state index is 11.8. The molecular formula is C13H17N3O6. The van der Waals surface area contributed by atoms with Crippen LogP contribution >= 0.6 is 0 Å². The van der Waals surface area contributed by atoms with Gasteiger partial charge in [0.2, 0.25) is 0 Å². The van der Waals surface area contributed by atoms with E-state index in [1.54, 1.807) is 0 Å². The van der Waals surface area contributed by atoms with Crippen molar-refractivity contribution >= 4 is 23.2 Å². The summed E-state index contributed by atoms with van der Waals surface area (Å²) < 4.78 is 4.97. The zero-order chi connectivity index (χ0) is 16.9. The first kappa shape index (κ1) is 17.4. The van der Waals surface area contributed by atoms with Crippen LogP contribution in [-0.2, 0) is 9.59 Å². The first-order valence-corrected chi connectivity index (χ1v) is 6.27. The predicted molar refractivity (Wildman–Crippen MR) is 77.6 cm³/mol. The van der Waals surface area contributed by atoms with Crippen LogP contribution in [0.4, 0.5) is 11.4 Å². The number of amides is 2. The number of aliphatic hydroxyl groups excluding tert-OH is 1. The van der Waals surface area contributed by atoms with Gasteiger partial charge in [-0.2, -0.15) is 0 Å². The van der Waals surface area contributed by atoms with Gasteiger partial charge in [0.15, 0.2) is 0 Å². The van der Waals surface area contributed by atoms with E-state index in [0.717, 1.165) is 6.07 Å². The standard InChI is InChI=1S/C13H17N3O6/c1-13(2,7-17)15-12(19)11(18)14-9-6-8(16(20)21)4-5-10(9)22-3/h4-6,17H,7H2,1-3H3,(H,14,18)(H,15,19). The zero-order valence-corrected chi connectivity index (χ0v) is 12.4. The SMILES string of the molecule is COc1ccc([N+](=O)[O-])cc1NC(=O)C(=O)NC(C)(C)CO. The second-order valence-electron chi connectivity index (χ2n) is 5.09. The van der Waals surface area contributed by atoms with Crippen LogP contribution in [0.25, 0.3) is 0 Å². The lowest BCUT2D eigenvalue weighted by Crippen LogP contribution is -2.50. The smallest absolute Gasteiger partial charge is 0.313 e. The summed E-state index contributed by atoms with van der Waals surface area (Å²) >= 11 is 0. The van der Waals surface area contributed by atoms with Gasteiger partial charge in [-0.05, 0) is 19.9 Å². The van der Waals surface area contributed by atoms with Crippen LogP contribution in [-0.4, -0.2) is 41.1 Å². The fourth-order valence-electron chi connectivity index (χ4n) is 1.49. The van der Waals surface area contributed by atoms with Gasteiger partial charge in [-0.25, -0.2) is 0 Å². The third-order valence-corrected chi connectivity index (χ3v) is 2.70. The molecule has 1 aromatic rings. The Morgan fingerprint density at radius 1 is 1.36 bits per heavy atom. The molecular weight excluding hydrogens is 294 g/mol. The lowest BCUT2D eigenvalue weighted by molar-refractivity contribution is -0.384. The molecule has 0 aliphatic heterocycles. The molecule has 0 fully saturated rings. The van der Waals surface area contributed by atoms with Crippen molar-refractivity contribution in [2.24, 2.45) is 0 Å². The van der Waals surface area contributed by atoms with Crippen molar-refractivity contribution in [2.45, 2.75) is 19.4 Å². The summed E-state index contributed by atoms with van der Waals surface area (Å²) in [6, 6.07) is 3.61. The second kappa shape index (κ2) is 6.85. The van der Waals surface area contributed by atoms with Gasteiger partial charge in [0, 0.05) is 12.1 Å². The largest absolute Gasteiger partial charge is 0.495 e. The van der Waals surface area contributed by atoms with Crippen molar-refractivity contribution in [3.8, 4) is 5.75 Å². The van der Waals surface area contributed by atoms with E-state index >= 15 is 0 Å². The number of methoxy groups -OCH3 is 1. The number of nitrogens with zero attached hydrogens (tertiary/aromatic N) is 1. The highest BCUT2D eigenvalue weighted by molar-refractivity contribution is 6.40. The van der Waals surface area contributed by atoms with Crippen molar-refractivity contribution in [1.29, 1.82) is 0 Å². The number of aliphatic hydroxyl groups is 1. The average molecular weight is 311 g/mol. The third-order valence-electron chi connectivity index (χ3n) is 2.70. The number of rotatable bonds is 5. The van der Waals surface area contributed by atoms with Crippen LogP contribution in [0.2, 0.25) is 0 Å². The van der Waals surface area contributed by atoms with Crippen molar-refractivity contribution in [1.82, 2.24) is 5.32 Å². The average Bonchev–Trinajstić information content (AvgIpc) is 2.46. The molecule has 0 atom stereocenters. The van der Waals surface area contributed by atoms with E-state index in [9.17, 15) is 19.7 Å². The fraction of sp³-hybridized carbons (Fsp3) is 0.385. The van der Waals surface area contributed by atoms with E-state index in [0.29, 0.717) is 0 Å². The van der Waals surface area contributed by atoms with Gasteiger partial charge in [0.05, 0.1) is 29.9 Å². The van der Waals surface area contributed by atoms with Crippen LogP contribution in [0, 0.1) is 10.1 Å². The number of ether oxygens (including phenoxy) is 1. The molecule has 0 bridgehead atoms. The van der Waals surface area contributed by atoms with E-state index in [-0.39, 0.29) is 23.7 Å². The molecule has 1 rings (SSSR count). The van der Waals surface area contributed by atoms with Gasteiger partial charge < -0.3 is 20.5 Å². The number of hydrogen-bond acceptors (Lipinski definition) is 6. The topological polar surface area (TPSA) is 131 Å². The number of hydrogen-bond donors (Lipinski definition) is 3. The highest BCUT2D eigenvalue weighted by Gasteiger charge is 2.24. The van der Waals surface area contributed by atoms with E-state index in [2.05, 4.69) is 10.6 Å². The van der Waals surface area contributed by atoms with E-state index in [4.69, 9.17) is 9.84 Å². The van der Waals surface area contributed by atoms with E-state index in [1.165, 1.54) is 33.1 Å². The molecule has 0 unspecified atom stereocenters. The van der Waals surface area contributed by atoms with Crippen molar-refractivity contribution in [2.75, 3.05) is 19.0 Å². The fourth-order valence-corrected chi connectivity index (χ4v) is 1.49. The first-order chi connectivity index (χ1) is 10.2. The Morgan fingerprint density at radius 2 is 2.00 bits per heavy atom. The molecule has 9 heteroatoms. The monoisotopic (exact) mass is 311 g/mol. The van der Waals surface area contributed by atoms with Crippen LogP contribution < -0.4 is 15.4 Å². The second-order valence-corrected chi connectivity index (χ2v) is 5.09. The van der Waals surface area contributed by atoms with Crippen LogP contribution in [0.15, 0.2) is 18.2 Å². The number of carbonyl (C=O) groups is 2. The summed E-state index contributed by atoms with van der Waals surface area (Å²) in [6.45, 7) is 2.71. The first-order valence-electron chi connectivity index (χ1n) is 6.27. The minimum Gasteiger partial charge on any atom is -0.495 e. The molecule has 0 radical (unpaired) electrons. The van der Waals surface area contributed by atoms with Crippen molar-refractivity contribution in [3.05, 3.63) is 28.3 Å². The molecule has 1 aromatic carbocycles. The summed E-state index contributed by atoms with van der Waals surface area (Å²) in [7, 11) is 1.33. The molecule has 3 N–H and O–H groups in total. The molecule has 0 heterocycles. The van der Waals surface area contributed by atoms with Crippen molar-refractivity contribution < 1.29 is 24.4 Å². The van der Waals surface area contributed by atoms with E-state index in [1.807, 2.05) is 0 Å². The Hall–Kier alpha value is -2.68. The Bertz CT molecular complexity index is 599. The van der Waals surface area contributed by atoms with Crippen LogP contribution in [0.3, 0.4) is 0 Å². The number of nitro groups is 1. The molecule has 120 valence electrons. The molecule has 0 spiro atoms. The highest BCUT2D eigenvalue weighted by Crippen LogP contribution is 2.28. The normalized spacial score (nSPS) is 10.7. The minimum absolute atomic E-state index is 0.00125. The molecule has 2 amide bonds. The Labute approximate surface area is 126 Å². The highest BCUT2D eigenvalue weighted by atomic mass is 16.6. The lowest BCUT2D eigenvalue weighted by Gasteiger charge is -2.22. The summed E-state index contributed by atoms with van der Waals surface area (Å²) in [5, 5.41) is 24.4. The number of carbonyl (C=O) groups excluding carboxylic acids is 2. The minimum atomic E-state index is -1.03. The molecule has 0 saturated heterocycles. The van der Waals surface area contributed by atoms with Gasteiger partial charge in [0.1, 0.15) is 5.75 Å². The van der Waals surface area contributed by atoms with Gasteiger partial charge in [0.25, 0.3) is 5.69 Å². The quantitative estimate of drug-likeness (QED) is 0.410. The van der Waals surface area contributed by atoms with E-state index < -0.39 is 22.3 Å². The third kappa shape index (κ3) is 4.42.